The predicted molar refractivity (Wildman–Crippen MR) is 91.4 cm³/mol. The van der Waals surface area contributed by atoms with Gasteiger partial charge in [-0.1, -0.05) is 30.3 Å². The molecule has 3 rings (SSSR count). The number of hydrogen-bond donors (Lipinski definition) is 1. The highest BCUT2D eigenvalue weighted by molar-refractivity contribution is 5.44. The second-order valence-electron chi connectivity index (χ2n) is 5.47. The number of nitrogens with zero attached hydrogens (tertiary/aromatic N) is 3. The molecule has 0 radical (unpaired) electrons. The standard InChI is InChI=1S/C18H20N4O/c1-14-11-17(22(2)13-15-7-4-3-5-8-15)21-18(20-14)19-12-16-9-6-10-23-16/h3-11H,12-13H2,1-2H3,(H,19,20,21). The summed E-state index contributed by atoms with van der Waals surface area (Å²) in [6.07, 6.45) is 1.66. The summed E-state index contributed by atoms with van der Waals surface area (Å²) in [5.74, 6) is 2.36. The summed E-state index contributed by atoms with van der Waals surface area (Å²) in [6, 6.07) is 16.1. The van der Waals surface area contributed by atoms with Crippen molar-refractivity contribution in [3.05, 3.63) is 71.8 Å². The van der Waals surface area contributed by atoms with Crippen LogP contribution in [0.15, 0.2) is 59.2 Å². The van der Waals surface area contributed by atoms with E-state index >= 15 is 0 Å². The highest BCUT2D eigenvalue weighted by atomic mass is 16.3. The summed E-state index contributed by atoms with van der Waals surface area (Å²) in [6.45, 7) is 3.34. The molecule has 2 heterocycles. The normalized spacial score (nSPS) is 10.5. The van der Waals surface area contributed by atoms with Crippen LogP contribution in [0.2, 0.25) is 0 Å². The number of furan rings is 1. The molecule has 0 aliphatic heterocycles. The van der Waals surface area contributed by atoms with Gasteiger partial charge in [0.1, 0.15) is 11.6 Å². The van der Waals surface area contributed by atoms with E-state index in [-0.39, 0.29) is 0 Å². The Morgan fingerprint density at radius 2 is 1.91 bits per heavy atom. The SMILES string of the molecule is Cc1cc(N(C)Cc2ccccc2)nc(NCc2ccco2)n1. The average Bonchev–Trinajstić information content (AvgIpc) is 3.07. The van der Waals surface area contributed by atoms with Crippen molar-refractivity contribution < 1.29 is 4.42 Å². The van der Waals surface area contributed by atoms with Crippen LogP contribution in [0.4, 0.5) is 11.8 Å². The van der Waals surface area contributed by atoms with Gasteiger partial charge >= 0.3 is 0 Å². The molecule has 5 nitrogen and oxygen atoms in total. The van der Waals surface area contributed by atoms with Crippen molar-refractivity contribution in [2.24, 2.45) is 0 Å². The van der Waals surface area contributed by atoms with Crippen molar-refractivity contribution in [3.8, 4) is 0 Å². The Kier molecular flexibility index (Phi) is 4.57. The molecule has 0 saturated heterocycles. The lowest BCUT2D eigenvalue weighted by Gasteiger charge is -2.19. The number of hydrogen-bond acceptors (Lipinski definition) is 5. The van der Waals surface area contributed by atoms with Crippen molar-refractivity contribution in [1.82, 2.24) is 9.97 Å². The van der Waals surface area contributed by atoms with Gasteiger partial charge in [0.25, 0.3) is 0 Å². The molecule has 2 aromatic heterocycles. The van der Waals surface area contributed by atoms with E-state index in [0.717, 1.165) is 23.8 Å². The fourth-order valence-corrected chi connectivity index (χ4v) is 2.34. The van der Waals surface area contributed by atoms with Crippen LogP contribution in [-0.2, 0) is 13.1 Å². The highest BCUT2D eigenvalue weighted by Gasteiger charge is 2.08. The van der Waals surface area contributed by atoms with E-state index in [9.17, 15) is 0 Å². The lowest BCUT2D eigenvalue weighted by atomic mass is 10.2. The maximum atomic E-state index is 5.31. The highest BCUT2D eigenvalue weighted by Crippen LogP contribution is 2.16. The summed E-state index contributed by atoms with van der Waals surface area (Å²) in [5.41, 5.74) is 2.17. The number of aromatic nitrogens is 2. The molecular weight excluding hydrogens is 288 g/mol. The molecule has 1 aromatic carbocycles. The van der Waals surface area contributed by atoms with Crippen LogP contribution in [0.25, 0.3) is 0 Å². The molecule has 1 N–H and O–H groups in total. The van der Waals surface area contributed by atoms with Crippen LogP contribution >= 0.6 is 0 Å². The van der Waals surface area contributed by atoms with Crippen molar-refractivity contribution in [2.75, 3.05) is 17.3 Å². The van der Waals surface area contributed by atoms with Crippen molar-refractivity contribution in [3.63, 3.8) is 0 Å². The van der Waals surface area contributed by atoms with E-state index in [1.807, 2.05) is 50.4 Å². The first-order valence-corrected chi connectivity index (χ1v) is 7.58. The number of aryl methyl sites for hydroxylation is 1. The number of rotatable bonds is 6. The molecule has 118 valence electrons. The van der Waals surface area contributed by atoms with Crippen molar-refractivity contribution in [2.45, 2.75) is 20.0 Å². The predicted octanol–water partition coefficient (Wildman–Crippen LogP) is 3.63. The largest absolute Gasteiger partial charge is 0.467 e. The lowest BCUT2D eigenvalue weighted by molar-refractivity contribution is 0.517. The minimum atomic E-state index is 0.568. The molecular formula is C18H20N4O. The molecule has 0 atom stereocenters. The quantitative estimate of drug-likeness (QED) is 0.753. The summed E-state index contributed by atoms with van der Waals surface area (Å²) in [4.78, 5) is 11.1. The van der Waals surface area contributed by atoms with Crippen molar-refractivity contribution in [1.29, 1.82) is 0 Å². The molecule has 0 saturated carbocycles. The minimum Gasteiger partial charge on any atom is -0.467 e. The van der Waals surface area contributed by atoms with Crippen LogP contribution in [0, 0.1) is 6.92 Å². The van der Waals surface area contributed by atoms with Gasteiger partial charge in [0.05, 0.1) is 12.8 Å². The Morgan fingerprint density at radius 3 is 2.65 bits per heavy atom. The minimum absolute atomic E-state index is 0.568. The van der Waals surface area contributed by atoms with E-state index in [1.54, 1.807) is 6.26 Å². The van der Waals surface area contributed by atoms with Crippen LogP contribution < -0.4 is 10.2 Å². The molecule has 0 aliphatic carbocycles. The second kappa shape index (κ2) is 6.96. The lowest BCUT2D eigenvalue weighted by Crippen LogP contribution is -2.19. The maximum Gasteiger partial charge on any atom is 0.225 e. The van der Waals surface area contributed by atoms with Gasteiger partial charge in [-0.15, -0.1) is 0 Å². The van der Waals surface area contributed by atoms with E-state index in [2.05, 4.69) is 32.3 Å². The van der Waals surface area contributed by atoms with Gasteiger partial charge < -0.3 is 14.6 Å². The van der Waals surface area contributed by atoms with Crippen molar-refractivity contribution >= 4 is 11.8 Å². The molecule has 23 heavy (non-hydrogen) atoms. The first-order valence-electron chi connectivity index (χ1n) is 7.58. The average molecular weight is 308 g/mol. The second-order valence-corrected chi connectivity index (χ2v) is 5.47. The number of nitrogens with one attached hydrogen (secondary N) is 1. The summed E-state index contributed by atoms with van der Waals surface area (Å²) in [7, 11) is 2.03. The van der Waals surface area contributed by atoms with E-state index in [0.29, 0.717) is 12.5 Å². The molecule has 0 bridgehead atoms. The van der Waals surface area contributed by atoms with Gasteiger partial charge in [-0.25, -0.2) is 4.98 Å². The third kappa shape index (κ3) is 4.10. The smallest absolute Gasteiger partial charge is 0.225 e. The summed E-state index contributed by atoms with van der Waals surface area (Å²) in [5, 5.41) is 3.20. The van der Waals surface area contributed by atoms with Gasteiger partial charge in [-0.3, -0.25) is 0 Å². The Hall–Kier alpha value is -2.82. The van der Waals surface area contributed by atoms with Crippen LogP contribution in [0.5, 0.6) is 0 Å². The first kappa shape index (κ1) is 15.1. The molecule has 0 amide bonds. The van der Waals surface area contributed by atoms with Gasteiger partial charge in [0, 0.05) is 25.4 Å². The van der Waals surface area contributed by atoms with Crippen LogP contribution in [0.3, 0.4) is 0 Å². The fraction of sp³-hybridized carbons (Fsp3) is 0.222. The third-order valence-electron chi connectivity index (χ3n) is 3.50. The molecule has 0 spiro atoms. The van der Waals surface area contributed by atoms with Crippen LogP contribution in [-0.4, -0.2) is 17.0 Å². The zero-order chi connectivity index (χ0) is 16.1. The summed E-state index contributed by atoms with van der Waals surface area (Å²) >= 11 is 0. The number of anilines is 2. The van der Waals surface area contributed by atoms with E-state index in [1.165, 1.54) is 5.56 Å². The Balaban J connectivity index is 1.71. The zero-order valence-electron chi connectivity index (χ0n) is 13.4. The zero-order valence-corrected chi connectivity index (χ0v) is 13.4. The Labute approximate surface area is 136 Å². The molecule has 5 heteroatoms. The molecule has 3 aromatic rings. The molecule has 0 aliphatic rings. The number of benzene rings is 1. The van der Waals surface area contributed by atoms with Crippen LogP contribution in [0.1, 0.15) is 17.0 Å². The molecule has 0 unspecified atom stereocenters. The Morgan fingerprint density at radius 1 is 1.09 bits per heavy atom. The first-order chi connectivity index (χ1) is 11.2. The maximum absolute atomic E-state index is 5.31. The van der Waals surface area contributed by atoms with Gasteiger partial charge in [-0.05, 0) is 24.6 Å². The van der Waals surface area contributed by atoms with Gasteiger partial charge in [0.2, 0.25) is 5.95 Å². The summed E-state index contributed by atoms with van der Waals surface area (Å²) < 4.78 is 5.31. The monoisotopic (exact) mass is 308 g/mol. The third-order valence-corrected chi connectivity index (χ3v) is 3.50. The van der Waals surface area contributed by atoms with E-state index in [4.69, 9.17) is 4.42 Å². The fourth-order valence-electron chi connectivity index (χ4n) is 2.34. The Bertz CT molecular complexity index is 741. The topological polar surface area (TPSA) is 54.2 Å². The van der Waals surface area contributed by atoms with Gasteiger partial charge in [0.15, 0.2) is 0 Å². The van der Waals surface area contributed by atoms with Gasteiger partial charge in [-0.2, -0.15) is 4.98 Å². The molecule has 0 fully saturated rings. The van der Waals surface area contributed by atoms with E-state index < -0.39 is 0 Å².